The lowest BCUT2D eigenvalue weighted by Crippen LogP contribution is -2.29. The van der Waals surface area contributed by atoms with Crippen LogP contribution in [0.1, 0.15) is 28.4 Å². The fourth-order valence-electron chi connectivity index (χ4n) is 2.34. The number of benzene rings is 1. The minimum Gasteiger partial charge on any atom is -0.297 e. The number of aromatic nitrogens is 2. The van der Waals surface area contributed by atoms with Crippen LogP contribution in [0.25, 0.3) is 4.96 Å². The molecule has 3 N–H and O–H groups in total. The van der Waals surface area contributed by atoms with Gasteiger partial charge >= 0.3 is 0 Å². The first-order chi connectivity index (χ1) is 9.67. The highest BCUT2D eigenvalue weighted by Gasteiger charge is 2.13. The summed E-state index contributed by atoms with van der Waals surface area (Å²) in [6.07, 6.45) is 4.88. The Kier molecular flexibility index (Phi) is 3.56. The minimum atomic E-state index is 0.0823. The second kappa shape index (κ2) is 5.36. The van der Waals surface area contributed by atoms with Crippen molar-refractivity contribution in [3.63, 3.8) is 0 Å². The van der Waals surface area contributed by atoms with Crippen molar-refractivity contribution in [2.24, 2.45) is 5.84 Å². The molecule has 4 nitrogen and oxygen atoms in total. The van der Waals surface area contributed by atoms with E-state index in [2.05, 4.69) is 48.7 Å². The van der Waals surface area contributed by atoms with E-state index in [0.29, 0.717) is 0 Å². The number of nitrogens with one attached hydrogen (secondary N) is 1. The first kappa shape index (κ1) is 13.3. The average Bonchev–Trinajstić information content (AvgIpc) is 3.00. The van der Waals surface area contributed by atoms with Gasteiger partial charge < -0.3 is 0 Å². The highest BCUT2D eigenvalue weighted by Crippen LogP contribution is 2.21. The van der Waals surface area contributed by atoms with Crippen molar-refractivity contribution in [2.75, 3.05) is 0 Å². The summed E-state index contributed by atoms with van der Waals surface area (Å²) in [6.45, 7) is 4.24. The van der Waals surface area contributed by atoms with Crippen LogP contribution in [0.5, 0.6) is 0 Å². The number of nitrogens with two attached hydrogens (primary N) is 1. The number of imidazole rings is 1. The number of fused-ring (bicyclic) bond motifs is 1. The van der Waals surface area contributed by atoms with Crippen molar-refractivity contribution in [2.45, 2.75) is 26.3 Å². The zero-order chi connectivity index (χ0) is 14.1. The van der Waals surface area contributed by atoms with Gasteiger partial charge in [0.05, 0.1) is 11.7 Å². The molecule has 0 bridgehead atoms. The molecule has 2 aromatic heterocycles. The molecule has 0 saturated heterocycles. The van der Waals surface area contributed by atoms with Crippen molar-refractivity contribution in [3.8, 4) is 0 Å². The fourth-order valence-corrected chi connectivity index (χ4v) is 3.06. The number of thiazole rings is 1. The first-order valence-corrected chi connectivity index (χ1v) is 7.49. The van der Waals surface area contributed by atoms with E-state index in [-0.39, 0.29) is 6.04 Å². The van der Waals surface area contributed by atoms with Crippen molar-refractivity contribution < 1.29 is 0 Å². The molecule has 3 rings (SSSR count). The van der Waals surface area contributed by atoms with Crippen LogP contribution in [0, 0.1) is 13.8 Å². The summed E-state index contributed by atoms with van der Waals surface area (Å²) in [5, 5.41) is 2.04. The zero-order valence-corrected chi connectivity index (χ0v) is 12.4. The molecule has 1 aromatic carbocycles. The molecule has 2 heterocycles. The Labute approximate surface area is 122 Å². The van der Waals surface area contributed by atoms with Gasteiger partial charge in [0.25, 0.3) is 0 Å². The smallest absolute Gasteiger partial charge is 0.193 e. The SMILES string of the molecule is Cc1ccc(C(Cc2cn3ccsc3n2)NN)cc1C. The molecule has 1 atom stereocenters. The molecule has 20 heavy (non-hydrogen) atoms. The van der Waals surface area contributed by atoms with E-state index >= 15 is 0 Å². The predicted octanol–water partition coefficient (Wildman–Crippen LogP) is 2.76. The van der Waals surface area contributed by atoms with Crippen molar-refractivity contribution in [1.29, 1.82) is 0 Å². The summed E-state index contributed by atoms with van der Waals surface area (Å²) in [6, 6.07) is 6.54. The van der Waals surface area contributed by atoms with Crippen molar-refractivity contribution >= 4 is 16.3 Å². The Morgan fingerprint density at radius 2 is 2.20 bits per heavy atom. The number of aryl methyl sites for hydroxylation is 2. The molecule has 0 amide bonds. The summed E-state index contributed by atoms with van der Waals surface area (Å²) < 4.78 is 2.05. The average molecular weight is 286 g/mol. The van der Waals surface area contributed by atoms with Crippen LogP contribution >= 0.6 is 11.3 Å². The standard InChI is InChI=1S/C15H18N4S/c1-10-3-4-12(7-11(10)2)14(18-16)8-13-9-19-5-6-20-15(19)17-13/h3-7,9,14,18H,8,16H2,1-2H3. The van der Waals surface area contributed by atoms with Crippen LogP contribution in [0.15, 0.2) is 36.0 Å². The third-order valence-electron chi connectivity index (χ3n) is 3.69. The Balaban J connectivity index is 1.85. The first-order valence-electron chi connectivity index (χ1n) is 6.61. The summed E-state index contributed by atoms with van der Waals surface area (Å²) >= 11 is 1.64. The molecule has 104 valence electrons. The van der Waals surface area contributed by atoms with E-state index in [4.69, 9.17) is 5.84 Å². The van der Waals surface area contributed by atoms with Gasteiger partial charge in [0.2, 0.25) is 0 Å². The third-order valence-corrected chi connectivity index (χ3v) is 4.46. The second-order valence-electron chi connectivity index (χ2n) is 5.09. The van der Waals surface area contributed by atoms with Crippen LogP contribution in [0.3, 0.4) is 0 Å². The number of hydrogen-bond acceptors (Lipinski definition) is 4. The lowest BCUT2D eigenvalue weighted by molar-refractivity contribution is 0.547. The van der Waals surface area contributed by atoms with Gasteiger partial charge in [0.1, 0.15) is 0 Å². The Bertz CT molecular complexity index is 700. The maximum Gasteiger partial charge on any atom is 0.193 e. The van der Waals surface area contributed by atoms with E-state index in [1.54, 1.807) is 11.3 Å². The van der Waals surface area contributed by atoms with E-state index in [1.807, 2.05) is 16.0 Å². The molecular weight excluding hydrogens is 268 g/mol. The van der Waals surface area contributed by atoms with E-state index in [9.17, 15) is 0 Å². The maximum absolute atomic E-state index is 5.73. The predicted molar refractivity (Wildman–Crippen MR) is 82.8 cm³/mol. The van der Waals surface area contributed by atoms with Gasteiger partial charge in [-0.1, -0.05) is 18.2 Å². The minimum absolute atomic E-state index is 0.0823. The van der Waals surface area contributed by atoms with E-state index < -0.39 is 0 Å². The number of rotatable bonds is 4. The van der Waals surface area contributed by atoms with E-state index in [1.165, 1.54) is 16.7 Å². The van der Waals surface area contributed by atoms with Gasteiger partial charge in [-0.2, -0.15) is 0 Å². The molecule has 0 fully saturated rings. The summed E-state index contributed by atoms with van der Waals surface area (Å²) in [5.74, 6) is 5.73. The lowest BCUT2D eigenvalue weighted by atomic mass is 9.98. The highest BCUT2D eigenvalue weighted by atomic mass is 32.1. The van der Waals surface area contributed by atoms with E-state index in [0.717, 1.165) is 17.1 Å². The van der Waals surface area contributed by atoms with Crippen molar-refractivity contribution in [1.82, 2.24) is 14.8 Å². The van der Waals surface area contributed by atoms with Gasteiger partial charge in [-0.3, -0.25) is 15.7 Å². The molecule has 0 spiro atoms. The topological polar surface area (TPSA) is 55.3 Å². The van der Waals surface area contributed by atoms with Crippen LogP contribution < -0.4 is 11.3 Å². The lowest BCUT2D eigenvalue weighted by Gasteiger charge is -2.16. The molecule has 0 aliphatic heterocycles. The third kappa shape index (κ3) is 2.47. The van der Waals surface area contributed by atoms with Gasteiger partial charge in [-0.15, -0.1) is 11.3 Å². The highest BCUT2D eigenvalue weighted by molar-refractivity contribution is 7.15. The van der Waals surface area contributed by atoms with Crippen LogP contribution in [-0.2, 0) is 6.42 Å². The second-order valence-corrected chi connectivity index (χ2v) is 5.97. The maximum atomic E-state index is 5.73. The van der Waals surface area contributed by atoms with Crippen LogP contribution in [0.4, 0.5) is 0 Å². The monoisotopic (exact) mass is 286 g/mol. The molecule has 1 unspecified atom stereocenters. The number of hydrogen-bond donors (Lipinski definition) is 2. The Hall–Kier alpha value is -1.69. The zero-order valence-electron chi connectivity index (χ0n) is 11.6. The Morgan fingerprint density at radius 1 is 1.35 bits per heavy atom. The molecule has 3 aromatic rings. The normalized spacial score (nSPS) is 12.9. The molecule has 0 radical (unpaired) electrons. The van der Waals surface area contributed by atoms with Gasteiger partial charge in [0, 0.05) is 24.2 Å². The van der Waals surface area contributed by atoms with Gasteiger partial charge in [0.15, 0.2) is 4.96 Å². The fraction of sp³-hybridized carbons (Fsp3) is 0.267. The quantitative estimate of drug-likeness (QED) is 0.573. The number of nitrogens with zero attached hydrogens (tertiary/aromatic N) is 2. The molecule has 0 aliphatic carbocycles. The molecule has 5 heteroatoms. The largest absolute Gasteiger partial charge is 0.297 e. The molecule has 0 saturated carbocycles. The summed E-state index contributed by atoms with van der Waals surface area (Å²) in [7, 11) is 0. The van der Waals surface area contributed by atoms with Crippen LogP contribution in [-0.4, -0.2) is 9.38 Å². The molecule has 0 aliphatic rings. The van der Waals surface area contributed by atoms with Gasteiger partial charge in [-0.25, -0.2) is 4.98 Å². The number of hydrazine groups is 1. The van der Waals surface area contributed by atoms with Crippen molar-refractivity contribution in [3.05, 3.63) is 58.4 Å². The summed E-state index contributed by atoms with van der Waals surface area (Å²) in [5.41, 5.74) is 7.74. The van der Waals surface area contributed by atoms with Crippen LogP contribution in [0.2, 0.25) is 0 Å². The molecular formula is C15H18N4S. The summed E-state index contributed by atoms with van der Waals surface area (Å²) in [4.78, 5) is 5.64. The Morgan fingerprint density at radius 3 is 2.90 bits per heavy atom. The van der Waals surface area contributed by atoms with Gasteiger partial charge in [-0.05, 0) is 30.5 Å².